The van der Waals surface area contributed by atoms with Crippen molar-refractivity contribution in [1.82, 2.24) is 14.9 Å². The van der Waals surface area contributed by atoms with Crippen molar-refractivity contribution in [3.05, 3.63) is 46.1 Å². The lowest BCUT2D eigenvalue weighted by Gasteiger charge is -2.32. The Morgan fingerprint density at radius 3 is 2.70 bits per heavy atom. The summed E-state index contributed by atoms with van der Waals surface area (Å²) >= 11 is 0. The van der Waals surface area contributed by atoms with Crippen LogP contribution in [-0.4, -0.2) is 46.0 Å². The molecule has 144 valence electrons. The Morgan fingerprint density at radius 1 is 1.26 bits per heavy atom. The highest BCUT2D eigenvalue weighted by atomic mass is 16.6. The van der Waals surface area contributed by atoms with Gasteiger partial charge in [0.05, 0.1) is 4.92 Å². The SMILES string of the molecule is CCc1cc(NC[C@H]2CCCN(CC)C2)nc(-c2ccc([N+](=O)[O-])cc2)n1. The summed E-state index contributed by atoms with van der Waals surface area (Å²) in [4.78, 5) is 22.2. The molecule has 2 aromatic rings. The van der Waals surface area contributed by atoms with Crippen LogP contribution in [0.2, 0.25) is 0 Å². The van der Waals surface area contributed by atoms with E-state index in [1.54, 1.807) is 12.1 Å². The van der Waals surface area contributed by atoms with Crippen molar-refractivity contribution in [3.63, 3.8) is 0 Å². The monoisotopic (exact) mass is 369 g/mol. The van der Waals surface area contributed by atoms with Gasteiger partial charge in [-0.05, 0) is 50.4 Å². The van der Waals surface area contributed by atoms with Crippen LogP contribution in [-0.2, 0) is 6.42 Å². The van der Waals surface area contributed by atoms with Gasteiger partial charge in [0.25, 0.3) is 5.69 Å². The zero-order valence-electron chi connectivity index (χ0n) is 16.0. The number of rotatable bonds is 7. The lowest BCUT2D eigenvalue weighted by Crippen LogP contribution is -2.37. The number of non-ortho nitro benzene ring substituents is 1. The first-order valence-electron chi connectivity index (χ1n) is 9.68. The van der Waals surface area contributed by atoms with Gasteiger partial charge in [0.15, 0.2) is 5.82 Å². The zero-order chi connectivity index (χ0) is 19.2. The van der Waals surface area contributed by atoms with E-state index in [4.69, 9.17) is 0 Å². The predicted molar refractivity (Wildman–Crippen MR) is 107 cm³/mol. The molecule has 1 N–H and O–H groups in total. The van der Waals surface area contributed by atoms with Crippen LogP contribution < -0.4 is 5.32 Å². The largest absolute Gasteiger partial charge is 0.370 e. The van der Waals surface area contributed by atoms with Crippen LogP contribution in [0, 0.1) is 16.0 Å². The molecule has 1 atom stereocenters. The number of hydrogen-bond acceptors (Lipinski definition) is 6. The van der Waals surface area contributed by atoms with E-state index >= 15 is 0 Å². The van der Waals surface area contributed by atoms with Crippen molar-refractivity contribution in [2.75, 3.05) is 31.5 Å². The van der Waals surface area contributed by atoms with Gasteiger partial charge in [0.1, 0.15) is 5.82 Å². The number of nitro groups is 1. The average molecular weight is 369 g/mol. The summed E-state index contributed by atoms with van der Waals surface area (Å²) in [6, 6.07) is 8.39. The van der Waals surface area contributed by atoms with E-state index < -0.39 is 4.92 Å². The summed E-state index contributed by atoms with van der Waals surface area (Å²) in [5, 5.41) is 14.3. The highest BCUT2D eigenvalue weighted by Crippen LogP contribution is 2.22. The molecule has 0 unspecified atom stereocenters. The summed E-state index contributed by atoms with van der Waals surface area (Å²) in [5.41, 5.74) is 1.81. The van der Waals surface area contributed by atoms with Gasteiger partial charge in [0.2, 0.25) is 0 Å². The number of aromatic nitrogens is 2. The quantitative estimate of drug-likeness (QED) is 0.591. The molecule has 0 amide bonds. The lowest BCUT2D eigenvalue weighted by atomic mass is 9.98. The molecule has 0 aliphatic carbocycles. The minimum atomic E-state index is -0.399. The minimum absolute atomic E-state index is 0.0709. The average Bonchev–Trinajstić information content (AvgIpc) is 2.72. The first kappa shape index (κ1) is 19.2. The van der Waals surface area contributed by atoms with Crippen LogP contribution >= 0.6 is 0 Å². The molecule has 3 rings (SSSR count). The number of hydrogen-bond donors (Lipinski definition) is 1. The van der Waals surface area contributed by atoms with E-state index in [-0.39, 0.29) is 5.69 Å². The smallest absolute Gasteiger partial charge is 0.269 e. The van der Waals surface area contributed by atoms with Crippen molar-refractivity contribution < 1.29 is 4.92 Å². The standard InChI is InChI=1S/C20H27N5O2/c1-3-17-12-19(21-13-15-6-5-11-24(4-2)14-15)23-20(22-17)16-7-9-18(10-8-16)25(26)27/h7-10,12,15H,3-6,11,13-14H2,1-2H3,(H,21,22,23)/t15-/m1/s1. The van der Waals surface area contributed by atoms with Gasteiger partial charge in [-0.3, -0.25) is 10.1 Å². The van der Waals surface area contributed by atoms with Crippen molar-refractivity contribution >= 4 is 11.5 Å². The fourth-order valence-electron chi connectivity index (χ4n) is 3.48. The molecule has 0 saturated carbocycles. The Labute approximate surface area is 160 Å². The fraction of sp³-hybridized carbons (Fsp3) is 0.500. The summed E-state index contributed by atoms with van der Waals surface area (Å²) in [5.74, 6) is 2.05. The number of anilines is 1. The van der Waals surface area contributed by atoms with Crippen LogP contribution in [0.1, 0.15) is 32.4 Å². The molecule has 1 aliphatic rings. The molecule has 1 aromatic heterocycles. The van der Waals surface area contributed by atoms with E-state index in [1.807, 2.05) is 6.07 Å². The Kier molecular flexibility index (Phi) is 6.34. The molecule has 1 fully saturated rings. The molecular formula is C20H27N5O2. The second kappa shape index (κ2) is 8.90. The normalized spacial score (nSPS) is 17.6. The third kappa shape index (κ3) is 5.01. The van der Waals surface area contributed by atoms with E-state index in [0.717, 1.165) is 43.1 Å². The molecule has 27 heavy (non-hydrogen) atoms. The molecular weight excluding hydrogens is 342 g/mol. The Morgan fingerprint density at radius 2 is 2.04 bits per heavy atom. The van der Waals surface area contributed by atoms with Gasteiger partial charge < -0.3 is 10.2 Å². The lowest BCUT2D eigenvalue weighted by molar-refractivity contribution is -0.384. The van der Waals surface area contributed by atoms with E-state index in [0.29, 0.717) is 11.7 Å². The molecule has 0 spiro atoms. The van der Waals surface area contributed by atoms with Crippen molar-refractivity contribution in [2.24, 2.45) is 5.92 Å². The Bertz CT molecular complexity index is 778. The third-order valence-corrected chi connectivity index (χ3v) is 5.10. The van der Waals surface area contributed by atoms with Crippen molar-refractivity contribution in [1.29, 1.82) is 0 Å². The van der Waals surface area contributed by atoms with Gasteiger partial charge in [-0.1, -0.05) is 13.8 Å². The summed E-state index contributed by atoms with van der Waals surface area (Å²) in [6.07, 6.45) is 3.30. The van der Waals surface area contributed by atoms with Crippen LogP contribution in [0.4, 0.5) is 11.5 Å². The highest BCUT2D eigenvalue weighted by Gasteiger charge is 2.18. The number of likely N-dealkylation sites (tertiary alicyclic amines) is 1. The fourth-order valence-corrected chi connectivity index (χ4v) is 3.48. The van der Waals surface area contributed by atoms with Crippen LogP contribution in [0.25, 0.3) is 11.4 Å². The van der Waals surface area contributed by atoms with Crippen molar-refractivity contribution in [3.8, 4) is 11.4 Å². The third-order valence-electron chi connectivity index (χ3n) is 5.10. The van der Waals surface area contributed by atoms with E-state index in [1.165, 1.54) is 31.5 Å². The number of nitrogens with zero attached hydrogens (tertiary/aromatic N) is 4. The number of piperidine rings is 1. The first-order chi connectivity index (χ1) is 13.1. The summed E-state index contributed by atoms with van der Waals surface area (Å²) in [7, 11) is 0. The van der Waals surface area contributed by atoms with Gasteiger partial charge >= 0.3 is 0 Å². The van der Waals surface area contributed by atoms with Gasteiger partial charge in [-0.2, -0.15) is 0 Å². The Hall–Kier alpha value is -2.54. The second-order valence-electron chi connectivity index (χ2n) is 7.01. The molecule has 7 heteroatoms. The number of nitrogens with one attached hydrogen (secondary N) is 1. The topological polar surface area (TPSA) is 84.2 Å². The van der Waals surface area contributed by atoms with Gasteiger partial charge in [-0.15, -0.1) is 0 Å². The Balaban J connectivity index is 1.74. The van der Waals surface area contributed by atoms with Crippen LogP contribution in [0.15, 0.2) is 30.3 Å². The minimum Gasteiger partial charge on any atom is -0.370 e. The highest BCUT2D eigenvalue weighted by molar-refractivity contribution is 5.59. The van der Waals surface area contributed by atoms with Crippen LogP contribution in [0.5, 0.6) is 0 Å². The summed E-state index contributed by atoms with van der Waals surface area (Å²) in [6.45, 7) is 8.61. The maximum absolute atomic E-state index is 10.8. The predicted octanol–water partition coefficient (Wildman–Crippen LogP) is 3.76. The van der Waals surface area contributed by atoms with Crippen LogP contribution in [0.3, 0.4) is 0 Å². The maximum atomic E-state index is 10.8. The first-order valence-corrected chi connectivity index (χ1v) is 9.68. The molecule has 1 aromatic carbocycles. The second-order valence-corrected chi connectivity index (χ2v) is 7.01. The number of aryl methyl sites for hydroxylation is 1. The van der Waals surface area contributed by atoms with Gasteiger partial charge in [0, 0.05) is 42.5 Å². The van der Waals surface area contributed by atoms with E-state index in [2.05, 4.69) is 34.0 Å². The summed E-state index contributed by atoms with van der Waals surface area (Å²) < 4.78 is 0. The van der Waals surface area contributed by atoms with Crippen molar-refractivity contribution in [2.45, 2.75) is 33.1 Å². The molecule has 7 nitrogen and oxygen atoms in total. The molecule has 1 saturated heterocycles. The molecule has 0 radical (unpaired) electrons. The molecule has 0 bridgehead atoms. The zero-order valence-corrected chi connectivity index (χ0v) is 16.0. The number of nitro benzene ring substituents is 1. The van der Waals surface area contributed by atoms with Gasteiger partial charge in [-0.25, -0.2) is 9.97 Å². The molecule has 1 aliphatic heterocycles. The number of benzene rings is 1. The molecule has 2 heterocycles. The van der Waals surface area contributed by atoms with E-state index in [9.17, 15) is 10.1 Å². The maximum Gasteiger partial charge on any atom is 0.269 e.